The zero-order chi connectivity index (χ0) is 15.4. The molecule has 1 amide bonds. The highest BCUT2D eigenvalue weighted by molar-refractivity contribution is 5.83. The summed E-state index contributed by atoms with van der Waals surface area (Å²) in [6.07, 6.45) is -2.61. The number of nitrogens with zero attached hydrogens (tertiary/aromatic N) is 1. The van der Waals surface area contributed by atoms with Crippen molar-refractivity contribution in [2.24, 2.45) is 0 Å². The topological polar surface area (TPSA) is 57.6 Å². The highest BCUT2D eigenvalue weighted by atomic mass is 19.3. The van der Waals surface area contributed by atoms with E-state index in [1.54, 1.807) is 13.8 Å². The Morgan fingerprint density at radius 1 is 1.10 bits per heavy atom. The predicted molar refractivity (Wildman–Crippen MR) is 69.4 cm³/mol. The van der Waals surface area contributed by atoms with Crippen LogP contribution in [0, 0.1) is 0 Å². The minimum atomic E-state index is -2.61. The number of alkyl halides is 2. The standard InChI is InChI=1S/C14H17F2NO3/c1-8(2)17(9(3)18)12(14(19)20)10-4-6-11(7-5-10)13(15)16/h4-8,12-13H,1-3H3,(H,19,20). The van der Waals surface area contributed by atoms with Gasteiger partial charge in [-0.3, -0.25) is 4.79 Å². The van der Waals surface area contributed by atoms with Crippen LogP contribution in [0.25, 0.3) is 0 Å². The first-order valence-corrected chi connectivity index (χ1v) is 6.15. The molecule has 0 radical (unpaired) electrons. The van der Waals surface area contributed by atoms with Crippen molar-refractivity contribution in [2.75, 3.05) is 0 Å². The molecule has 1 N–H and O–H groups in total. The van der Waals surface area contributed by atoms with Gasteiger partial charge < -0.3 is 10.0 Å². The van der Waals surface area contributed by atoms with E-state index in [0.717, 1.165) is 0 Å². The molecule has 0 aromatic heterocycles. The molecular formula is C14H17F2NO3. The van der Waals surface area contributed by atoms with Crippen molar-refractivity contribution in [3.63, 3.8) is 0 Å². The lowest BCUT2D eigenvalue weighted by Crippen LogP contribution is -2.42. The van der Waals surface area contributed by atoms with E-state index in [1.165, 1.54) is 36.1 Å². The van der Waals surface area contributed by atoms with E-state index >= 15 is 0 Å². The summed E-state index contributed by atoms with van der Waals surface area (Å²) in [6.45, 7) is 4.68. The maximum Gasteiger partial charge on any atom is 0.331 e. The smallest absolute Gasteiger partial charge is 0.331 e. The van der Waals surface area contributed by atoms with Crippen LogP contribution in [0.1, 0.15) is 44.4 Å². The number of carboxylic acid groups (broad SMARTS) is 1. The summed E-state index contributed by atoms with van der Waals surface area (Å²) in [5, 5.41) is 9.33. The van der Waals surface area contributed by atoms with Gasteiger partial charge in [0.2, 0.25) is 5.91 Å². The molecule has 110 valence electrons. The molecule has 0 bridgehead atoms. The number of hydrogen-bond donors (Lipinski definition) is 1. The van der Waals surface area contributed by atoms with Crippen molar-refractivity contribution in [3.05, 3.63) is 35.4 Å². The van der Waals surface area contributed by atoms with Crippen LogP contribution in [0.3, 0.4) is 0 Å². The molecule has 0 saturated heterocycles. The molecule has 0 heterocycles. The molecule has 0 saturated carbocycles. The Bertz CT molecular complexity index is 486. The number of carboxylic acids is 1. The molecule has 1 atom stereocenters. The van der Waals surface area contributed by atoms with Gasteiger partial charge in [0.1, 0.15) is 0 Å². The molecule has 1 rings (SSSR count). The van der Waals surface area contributed by atoms with E-state index in [9.17, 15) is 23.5 Å². The lowest BCUT2D eigenvalue weighted by molar-refractivity contribution is -0.151. The van der Waals surface area contributed by atoms with Crippen LogP contribution in [0.4, 0.5) is 8.78 Å². The molecule has 4 nitrogen and oxygen atoms in total. The maximum absolute atomic E-state index is 12.5. The van der Waals surface area contributed by atoms with Crippen LogP contribution in [-0.4, -0.2) is 27.9 Å². The quantitative estimate of drug-likeness (QED) is 0.904. The summed E-state index contributed by atoms with van der Waals surface area (Å²) in [5.41, 5.74) is 0.114. The summed E-state index contributed by atoms with van der Waals surface area (Å²) < 4.78 is 25.0. The third kappa shape index (κ3) is 3.53. The largest absolute Gasteiger partial charge is 0.479 e. The SMILES string of the molecule is CC(=O)N(C(C)C)C(C(=O)O)c1ccc(C(F)F)cc1. The third-order valence-electron chi connectivity index (χ3n) is 2.94. The van der Waals surface area contributed by atoms with Gasteiger partial charge in [-0.05, 0) is 19.4 Å². The van der Waals surface area contributed by atoms with Crippen molar-refractivity contribution in [2.45, 2.75) is 39.3 Å². The molecule has 0 aliphatic carbocycles. The van der Waals surface area contributed by atoms with Gasteiger partial charge in [-0.2, -0.15) is 0 Å². The Morgan fingerprint density at radius 3 is 1.85 bits per heavy atom. The summed E-state index contributed by atoms with van der Waals surface area (Å²) in [5.74, 6) is -1.58. The van der Waals surface area contributed by atoms with E-state index in [0.29, 0.717) is 5.56 Å². The van der Waals surface area contributed by atoms with Gasteiger partial charge in [0.15, 0.2) is 6.04 Å². The predicted octanol–water partition coefficient (Wildman–Crippen LogP) is 3.01. The average molecular weight is 285 g/mol. The van der Waals surface area contributed by atoms with E-state index < -0.39 is 18.4 Å². The summed E-state index contributed by atoms with van der Waals surface area (Å²) in [6, 6.07) is 3.49. The average Bonchev–Trinajstić information content (AvgIpc) is 2.34. The minimum Gasteiger partial charge on any atom is -0.479 e. The molecule has 1 unspecified atom stereocenters. The zero-order valence-corrected chi connectivity index (χ0v) is 11.5. The van der Waals surface area contributed by atoms with Crippen molar-refractivity contribution in [1.29, 1.82) is 0 Å². The highest BCUT2D eigenvalue weighted by Crippen LogP contribution is 2.26. The summed E-state index contributed by atoms with van der Waals surface area (Å²) in [4.78, 5) is 24.3. The number of amides is 1. The number of carbonyl (C=O) groups is 2. The fourth-order valence-electron chi connectivity index (χ4n) is 2.09. The molecule has 1 aromatic rings. The van der Waals surface area contributed by atoms with Gasteiger partial charge in [-0.1, -0.05) is 24.3 Å². The highest BCUT2D eigenvalue weighted by Gasteiger charge is 2.31. The van der Waals surface area contributed by atoms with Gasteiger partial charge in [-0.25, -0.2) is 13.6 Å². The van der Waals surface area contributed by atoms with Crippen LogP contribution in [0.2, 0.25) is 0 Å². The van der Waals surface area contributed by atoms with Gasteiger partial charge in [0, 0.05) is 18.5 Å². The Balaban J connectivity index is 3.19. The van der Waals surface area contributed by atoms with E-state index in [-0.39, 0.29) is 17.5 Å². The number of carbonyl (C=O) groups excluding carboxylic acids is 1. The molecule has 0 fully saturated rings. The fourth-order valence-corrected chi connectivity index (χ4v) is 2.09. The molecule has 20 heavy (non-hydrogen) atoms. The van der Waals surface area contributed by atoms with Gasteiger partial charge in [0.25, 0.3) is 6.43 Å². The molecule has 0 aliphatic rings. The Morgan fingerprint density at radius 2 is 1.55 bits per heavy atom. The molecule has 6 heteroatoms. The zero-order valence-electron chi connectivity index (χ0n) is 11.5. The molecule has 0 aliphatic heterocycles. The van der Waals surface area contributed by atoms with Crippen molar-refractivity contribution >= 4 is 11.9 Å². The Kier molecular flexibility index (Phi) is 5.19. The van der Waals surface area contributed by atoms with Crippen LogP contribution >= 0.6 is 0 Å². The van der Waals surface area contributed by atoms with Crippen molar-refractivity contribution in [3.8, 4) is 0 Å². The summed E-state index contributed by atoms with van der Waals surface area (Å²) >= 11 is 0. The van der Waals surface area contributed by atoms with Crippen LogP contribution in [0.5, 0.6) is 0 Å². The van der Waals surface area contributed by atoms with Crippen LogP contribution in [-0.2, 0) is 9.59 Å². The molecule has 1 aromatic carbocycles. The second kappa shape index (κ2) is 6.45. The number of rotatable bonds is 5. The first kappa shape index (κ1) is 16.1. The van der Waals surface area contributed by atoms with Gasteiger partial charge in [0.05, 0.1) is 0 Å². The molecule has 0 spiro atoms. The number of hydrogen-bond acceptors (Lipinski definition) is 2. The second-order valence-electron chi connectivity index (χ2n) is 4.73. The second-order valence-corrected chi connectivity index (χ2v) is 4.73. The summed E-state index contributed by atoms with van der Waals surface area (Å²) in [7, 11) is 0. The normalized spacial score (nSPS) is 12.6. The van der Waals surface area contributed by atoms with Gasteiger partial charge >= 0.3 is 5.97 Å². The fraction of sp³-hybridized carbons (Fsp3) is 0.429. The number of benzene rings is 1. The Hall–Kier alpha value is -1.98. The third-order valence-corrected chi connectivity index (χ3v) is 2.94. The first-order valence-electron chi connectivity index (χ1n) is 6.15. The number of aliphatic carboxylic acids is 1. The maximum atomic E-state index is 12.5. The van der Waals surface area contributed by atoms with Crippen molar-refractivity contribution < 1.29 is 23.5 Å². The lowest BCUT2D eigenvalue weighted by atomic mass is 10.0. The monoisotopic (exact) mass is 285 g/mol. The lowest BCUT2D eigenvalue weighted by Gasteiger charge is -2.31. The molecular weight excluding hydrogens is 268 g/mol. The van der Waals surface area contributed by atoms with Gasteiger partial charge in [-0.15, -0.1) is 0 Å². The van der Waals surface area contributed by atoms with E-state index in [2.05, 4.69) is 0 Å². The Labute approximate surface area is 116 Å². The minimum absolute atomic E-state index is 0.184. The van der Waals surface area contributed by atoms with Crippen molar-refractivity contribution in [1.82, 2.24) is 4.90 Å². The van der Waals surface area contributed by atoms with Crippen LogP contribution < -0.4 is 0 Å². The van der Waals surface area contributed by atoms with Crippen LogP contribution in [0.15, 0.2) is 24.3 Å². The van der Waals surface area contributed by atoms with E-state index in [1.807, 2.05) is 0 Å². The first-order chi connectivity index (χ1) is 9.25. The number of halogens is 2. The van der Waals surface area contributed by atoms with E-state index in [4.69, 9.17) is 0 Å².